The molecule has 21 heavy (non-hydrogen) atoms. The van der Waals surface area contributed by atoms with Crippen LogP contribution in [0.3, 0.4) is 0 Å². The van der Waals surface area contributed by atoms with Crippen molar-refractivity contribution in [2.75, 3.05) is 24.7 Å². The van der Waals surface area contributed by atoms with E-state index in [2.05, 4.69) is 27.2 Å². The monoisotopic (exact) mass is 292 g/mol. The van der Waals surface area contributed by atoms with Crippen LogP contribution in [0.1, 0.15) is 25.4 Å². The van der Waals surface area contributed by atoms with Gasteiger partial charge in [0.25, 0.3) is 0 Å². The molecule has 0 aliphatic carbocycles. The van der Waals surface area contributed by atoms with Crippen LogP contribution < -0.4 is 11.1 Å². The van der Waals surface area contributed by atoms with Crippen LogP contribution in [0.4, 0.5) is 11.8 Å². The minimum Gasteiger partial charge on any atom is -0.394 e. The molecule has 8 heteroatoms. The van der Waals surface area contributed by atoms with E-state index in [0.29, 0.717) is 17.0 Å². The van der Waals surface area contributed by atoms with Crippen molar-refractivity contribution in [3.63, 3.8) is 0 Å². The lowest BCUT2D eigenvalue weighted by Gasteiger charge is -2.19. The lowest BCUT2D eigenvalue weighted by molar-refractivity contribution is -0.0303. The van der Waals surface area contributed by atoms with Crippen molar-refractivity contribution in [1.82, 2.24) is 19.5 Å². The van der Waals surface area contributed by atoms with Crippen LogP contribution in [0.25, 0.3) is 11.2 Å². The number of nitrogens with zero attached hydrogens (tertiary/aromatic N) is 4. The Morgan fingerprint density at radius 2 is 2.19 bits per heavy atom. The van der Waals surface area contributed by atoms with Gasteiger partial charge in [-0.2, -0.15) is 9.97 Å². The highest BCUT2D eigenvalue weighted by atomic mass is 16.5. The maximum Gasteiger partial charge on any atom is 0.224 e. The SMILES string of the molecule is CNc1nc(N)nc2c1nc(C)n2C1OC(CO)C[C@@H]1C. The van der Waals surface area contributed by atoms with Gasteiger partial charge in [-0.15, -0.1) is 0 Å². The largest absolute Gasteiger partial charge is 0.394 e. The summed E-state index contributed by atoms with van der Waals surface area (Å²) in [5.41, 5.74) is 7.11. The molecule has 1 fully saturated rings. The van der Waals surface area contributed by atoms with E-state index in [1.54, 1.807) is 7.05 Å². The summed E-state index contributed by atoms with van der Waals surface area (Å²) in [5, 5.41) is 12.3. The van der Waals surface area contributed by atoms with Gasteiger partial charge < -0.3 is 20.9 Å². The fraction of sp³-hybridized carbons (Fsp3) is 0.615. The Balaban J connectivity index is 2.14. The first kappa shape index (κ1) is 14.0. The molecule has 114 valence electrons. The summed E-state index contributed by atoms with van der Waals surface area (Å²) in [6.45, 7) is 4.01. The van der Waals surface area contributed by atoms with Crippen molar-refractivity contribution in [1.29, 1.82) is 0 Å². The van der Waals surface area contributed by atoms with Crippen LogP contribution in [-0.4, -0.2) is 44.4 Å². The van der Waals surface area contributed by atoms with Crippen LogP contribution in [0.5, 0.6) is 0 Å². The summed E-state index contributed by atoms with van der Waals surface area (Å²) < 4.78 is 7.86. The van der Waals surface area contributed by atoms with Gasteiger partial charge in [0.2, 0.25) is 5.95 Å². The number of aryl methyl sites for hydroxylation is 1. The van der Waals surface area contributed by atoms with Crippen molar-refractivity contribution >= 4 is 22.9 Å². The molecular formula is C13H20N6O2. The van der Waals surface area contributed by atoms with Gasteiger partial charge in [-0.05, 0) is 13.3 Å². The lowest BCUT2D eigenvalue weighted by atomic mass is 10.1. The number of nitrogen functional groups attached to an aromatic ring is 1. The third-order valence-electron chi connectivity index (χ3n) is 3.88. The molecule has 0 spiro atoms. The molecule has 2 aromatic heterocycles. The van der Waals surface area contributed by atoms with Gasteiger partial charge in [-0.3, -0.25) is 4.57 Å². The molecule has 1 saturated heterocycles. The molecule has 3 heterocycles. The van der Waals surface area contributed by atoms with Crippen molar-refractivity contribution in [3.8, 4) is 0 Å². The quantitative estimate of drug-likeness (QED) is 0.762. The minimum absolute atomic E-state index is 0.0193. The zero-order valence-corrected chi connectivity index (χ0v) is 12.4. The third kappa shape index (κ3) is 2.20. The average molecular weight is 292 g/mol. The highest BCUT2D eigenvalue weighted by Gasteiger charge is 2.35. The Bertz CT molecular complexity index is 670. The van der Waals surface area contributed by atoms with Crippen LogP contribution in [0, 0.1) is 12.8 Å². The Morgan fingerprint density at radius 1 is 1.43 bits per heavy atom. The van der Waals surface area contributed by atoms with E-state index in [4.69, 9.17) is 10.5 Å². The predicted octanol–water partition coefficient (Wildman–Crippen LogP) is 0.675. The second kappa shape index (κ2) is 5.12. The minimum atomic E-state index is -0.203. The molecule has 0 aromatic carbocycles. The summed E-state index contributed by atoms with van der Waals surface area (Å²) in [5.74, 6) is 1.84. The van der Waals surface area contributed by atoms with Gasteiger partial charge in [0.05, 0.1) is 12.7 Å². The summed E-state index contributed by atoms with van der Waals surface area (Å²) in [6.07, 6.45) is 0.454. The molecule has 0 bridgehead atoms. The third-order valence-corrected chi connectivity index (χ3v) is 3.88. The maximum atomic E-state index is 9.30. The number of imidazole rings is 1. The molecule has 0 saturated carbocycles. The van der Waals surface area contributed by atoms with Gasteiger partial charge in [-0.1, -0.05) is 6.92 Å². The molecule has 3 rings (SSSR count). The summed E-state index contributed by atoms with van der Waals surface area (Å²) >= 11 is 0. The topological polar surface area (TPSA) is 111 Å². The van der Waals surface area contributed by atoms with Gasteiger partial charge in [0, 0.05) is 13.0 Å². The van der Waals surface area contributed by atoms with Crippen molar-refractivity contribution in [3.05, 3.63) is 5.82 Å². The average Bonchev–Trinajstić information content (AvgIpc) is 2.97. The van der Waals surface area contributed by atoms with E-state index >= 15 is 0 Å². The molecule has 1 aliphatic heterocycles. The Hall–Kier alpha value is -1.93. The molecule has 2 aromatic rings. The summed E-state index contributed by atoms with van der Waals surface area (Å²) in [7, 11) is 1.77. The number of hydrogen-bond donors (Lipinski definition) is 3. The fourth-order valence-corrected chi connectivity index (χ4v) is 2.93. The highest BCUT2D eigenvalue weighted by Crippen LogP contribution is 2.37. The number of nitrogens with two attached hydrogens (primary N) is 1. The van der Waals surface area contributed by atoms with Crippen molar-refractivity contribution < 1.29 is 9.84 Å². The molecule has 0 amide bonds. The van der Waals surface area contributed by atoms with Crippen LogP contribution in [0.2, 0.25) is 0 Å². The molecule has 3 atom stereocenters. The summed E-state index contributed by atoms with van der Waals surface area (Å²) in [6, 6.07) is 0. The highest BCUT2D eigenvalue weighted by molar-refractivity contribution is 5.84. The Kier molecular flexibility index (Phi) is 3.42. The smallest absolute Gasteiger partial charge is 0.224 e. The normalized spacial score (nSPS) is 25.6. The number of nitrogens with one attached hydrogen (secondary N) is 1. The standard InChI is InChI=1S/C13H20N6O2/c1-6-4-8(5-20)21-12(6)19-7(2)16-9-10(15-3)17-13(14)18-11(9)19/h6,8,12,20H,4-5H2,1-3H3,(H3,14,15,17,18)/t6-,8?,12?/m0/s1. The van der Waals surface area contributed by atoms with Gasteiger partial charge >= 0.3 is 0 Å². The van der Waals surface area contributed by atoms with E-state index < -0.39 is 0 Å². The number of aliphatic hydroxyl groups excluding tert-OH is 1. The van der Waals surface area contributed by atoms with Gasteiger partial charge in [0.1, 0.15) is 12.1 Å². The zero-order chi connectivity index (χ0) is 15.1. The van der Waals surface area contributed by atoms with Crippen LogP contribution >= 0.6 is 0 Å². The second-order valence-corrected chi connectivity index (χ2v) is 5.43. The van der Waals surface area contributed by atoms with Gasteiger partial charge in [0.15, 0.2) is 17.0 Å². The van der Waals surface area contributed by atoms with E-state index in [1.165, 1.54) is 0 Å². The van der Waals surface area contributed by atoms with E-state index in [9.17, 15) is 5.11 Å². The Labute approximate surface area is 122 Å². The van der Waals surface area contributed by atoms with Crippen LogP contribution in [0.15, 0.2) is 0 Å². The number of rotatable bonds is 3. The first-order valence-corrected chi connectivity index (χ1v) is 7.01. The number of aliphatic hydroxyl groups is 1. The molecular weight excluding hydrogens is 272 g/mol. The van der Waals surface area contributed by atoms with E-state index in [-0.39, 0.29) is 30.8 Å². The maximum absolute atomic E-state index is 9.30. The lowest BCUT2D eigenvalue weighted by Crippen LogP contribution is -2.17. The van der Waals surface area contributed by atoms with E-state index in [0.717, 1.165) is 12.2 Å². The molecule has 4 N–H and O–H groups in total. The molecule has 8 nitrogen and oxygen atoms in total. The number of hydrogen-bond acceptors (Lipinski definition) is 7. The Morgan fingerprint density at radius 3 is 2.81 bits per heavy atom. The zero-order valence-electron chi connectivity index (χ0n) is 12.4. The van der Waals surface area contributed by atoms with Gasteiger partial charge in [-0.25, -0.2) is 4.98 Å². The summed E-state index contributed by atoms with van der Waals surface area (Å²) in [4.78, 5) is 13.0. The second-order valence-electron chi connectivity index (χ2n) is 5.43. The van der Waals surface area contributed by atoms with E-state index in [1.807, 2.05) is 11.5 Å². The fourth-order valence-electron chi connectivity index (χ4n) is 2.93. The van der Waals surface area contributed by atoms with Crippen molar-refractivity contribution in [2.24, 2.45) is 5.92 Å². The molecule has 0 radical (unpaired) electrons. The number of ether oxygens (including phenoxy) is 1. The number of anilines is 2. The first-order valence-electron chi connectivity index (χ1n) is 7.01. The number of aromatic nitrogens is 4. The predicted molar refractivity (Wildman–Crippen MR) is 78.8 cm³/mol. The molecule has 1 aliphatic rings. The number of fused-ring (bicyclic) bond motifs is 1. The van der Waals surface area contributed by atoms with Crippen molar-refractivity contribution in [2.45, 2.75) is 32.6 Å². The van der Waals surface area contributed by atoms with Crippen LogP contribution in [-0.2, 0) is 4.74 Å². The molecule has 2 unspecified atom stereocenters. The first-order chi connectivity index (χ1) is 10.0.